The first-order chi connectivity index (χ1) is 9.43. The van der Waals surface area contributed by atoms with Gasteiger partial charge >= 0.3 is 0 Å². The summed E-state index contributed by atoms with van der Waals surface area (Å²) in [5, 5.41) is 11.5. The number of rotatable bonds is 4. The molecule has 2 N–H and O–H groups in total. The lowest BCUT2D eigenvalue weighted by Gasteiger charge is -2.17. The van der Waals surface area contributed by atoms with Gasteiger partial charge in [-0.3, -0.25) is 14.7 Å². The van der Waals surface area contributed by atoms with Crippen LogP contribution in [0.5, 0.6) is 0 Å². The van der Waals surface area contributed by atoms with E-state index >= 15 is 0 Å². The molecule has 0 saturated carbocycles. The average molecular weight is 278 g/mol. The third kappa shape index (κ3) is 2.57. The number of H-pyrrole nitrogens is 1. The molecule has 0 aromatic carbocycles. The van der Waals surface area contributed by atoms with Gasteiger partial charge in [-0.1, -0.05) is 0 Å². The Hall–Kier alpha value is -2.15. The Bertz CT molecular complexity index is 701. The molecule has 2 aromatic heterocycles. The summed E-state index contributed by atoms with van der Waals surface area (Å²) in [6.45, 7) is 3.89. The highest BCUT2D eigenvalue weighted by Crippen LogP contribution is 2.14. The predicted molar refractivity (Wildman–Crippen MR) is 73.7 cm³/mol. The van der Waals surface area contributed by atoms with E-state index in [1.807, 2.05) is 13.8 Å². The van der Waals surface area contributed by atoms with E-state index in [0.29, 0.717) is 12.2 Å². The number of carbonyl (C=O) groups excluding carboxylic acids is 1. The molecule has 0 radical (unpaired) electrons. The summed E-state index contributed by atoms with van der Waals surface area (Å²) in [5.41, 5.74) is 2.64. The molecule has 0 aliphatic carbocycles. The lowest BCUT2D eigenvalue weighted by atomic mass is 10.1. The first-order valence-electron chi connectivity index (χ1n) is 6.36. The Kier molecular flexibility index (Phi) is 3.89. The molecule has 0 unspecified atom stereocenters. The molecule has 7 nitrogen and oxygen atoms in total. The van der Waals surface area contributed by atoms with Crippen molar-refractivity contribution < 1.29 is 9.90 Å². The van der Waals surface area contributed by atoms with Crippen LogP contribution in [0.3, 0.4) is 0 Å². The van der Waals surface area contributed by atoms with Crippen molar-refractivity contribution in [1.29, 1.82) is 0 Å². The van der Waals surface area contributed by atoms with Gasteiger partial charge in [0.05, 0.1) is 13.0 Å². The van der Waals surface area contributed by atoms with Gasteiger partial charge in [0.15, 0.2) is 5.65 Å². The maximum atomic E-state index is 12.1. The summed E-state index contributed by atoms with van der Waals surface area (Å²) in [7, 11) is 1.65. The van der Waals surface area contributed by atoms with Crippen LogP contribution >= 0.6 is 0 Å². The van der Waals surface area contributed by atoms with Gasteiger partial charge in [-0.15, -0.1) is 0 Å². The van der Waals surface area contributed by atoms with Crippen molar-refractivity contribution in [2.75, 3.05) is 20.2 Å². The minimum atomic E-state index is -0.221. The minimum absolute atomic E-state index is 0.0671. The van der Waals surface area contributed by atoms with Gasteiger partial charge < -0.3 is 10.0 Å². The van der Waals surface area contributed by atoms with Crippen LogP contribution in [0.15, 0.2) is 10.9 Å². The Morgan fingerprint density at radius 1 is 1.50 bits per heavy atom. The largest absolute Gasteiger partial charge is 0.395 e. The number of likely N-dealkylation sites (N-methyl/N-ethyl adjacent to an activating group) is 1. The van der Waals surface area contributed by atoms with E-state index in [1.165, 1.54) is 11.0 Å². The molecule has 0 aliphatic heterocycles. The average Bonchev–Trinajstić information content (AvgIpc) is 2.75. The zero-order valence-corrected chi connectivity index (χ0v) is 11.8. The zero-order chi connectivity index (χ0) is 14.9. The number of hydrogen-bond donors (Lipinski definition) is 2. The SMILES string of the molecule is Cc1nc2cc(=O)[nH]n2c(C)c1CC(=O)N(C)CCO. The number of hydrogen-bond acceptors (Lipinski definition) is 4. The van der Waals surface area contributed by atoms with E-state index in [9.17, 15) is 9.59 Å². The Morgan fingerprint density at radius 2 is 2.20 bits per heavy atom. The van der Waals surface area contributed by atoms with E-state index in [2.05, 4.69) is 10.1 Å². The third-order valence-corrected chi connectivity index (χ3v) is 3.39. The Balaban J connectivity index is 2.39. The molecule has 0 aliphatic rings. The first-order valence-corrected chi connectivity index (χ1v) is 6.36. The minimum Gasteiger partial charge on any atom is -0.395 e. The van der Waals surface area contributed by atoms with Crippen LogP contribution in [-0.2, 0) is 11.2 Å². The smallest absolute Gasteiger partial charge is 0.266 e. The standard InChI is InChI=1S/C13H18N4O3/c1-8-10(6-13(20)16(3)4-5-18)9(2)17-11(14-8)7-12(19)15-17/h7,18H,4-6H2,1-3H3,(H,15,19). The van der Waals surface area contributed by atoms with Crippen molar-refractivity contribution in [3.63, 3.8) is 0 Å². The van der Waals surface area contributed by atoms with Crippen molar-refractivity contribution in [3.05, 3.63) is 33.4 Å². The molecular formula is C13H18N4O3. The molecule has 20 heavy (non-hydrogen) atoms. The van der Waals surface area contributed by atoms with Crippen molar-refractivity contribution in [2.45, 2.75) is 20.3 Å². The summed E-state index contributed by atoms with van der Waals surface area (Å²) < 4.78 is 1.59. The molecule has 108 valence electrons. The molecule has 0 fully saturated rings. The highest BCUT2D eigenvalue weighted by molar-refractivity contribution is 5.79. The fourth-order valence-electron chi connectivity index (χ4n) is 2.17. The third-order valence-electron chi connectivity index (χ3n) is 3.39. The van der Waals surface area contributed by atoms with E-state index in [4.69, 9.17) is 5.11 Å². The number of aromatic amines is 1. The monoisotopic (exact) mass is 278 g/mol. The van der Waals surface area contributed by atoms with Crippen LogP contribution in [0.25, 0.3) is 5.65 Å². The van der Waals surface area contributed by atoms with Crippen LogP contribution in [-0.4, -0.2) is 50.7 Å². The molecular weight excluding hydrogens is 260 g/mol. The molecule has 7 heteroatoms. The van der Waals surface area contributed by atoms with Gasteiger partial charge in [0.25, 0.3) is 5.56 Å². The normalized spacial score (nSPS) is 11.0. The summed E-state index contributed by atoms with van der Waals surface area (Å²) in [6.07, 6.45) is 0.192. The summed E-state index contributed by atoms with van der Waals surface area (Å²) in [4.78, 5) is 29.2. The summed E-state index contributed by atoms with van der Waals surface area (Å²) >= 11 is 0. The number of aryl methyl sites for hydroxylation is 2. The van der Waals surface area contributed by atoms with Crippen LogP contribution in [0.4, 0.5) is 0 Å². The van der Waals surface area contributed by atoms with Gasteiger partial charge in [0.2, 0.25) is 5.91 Å². The van der Waals surface area contributed by atoms with Crippen molar-refractivity contribution in [1.82, 2.24) is 19.5 Å². The molecule has 1 amide bonds. The van der Waals surface area contributed by atoms with Gasteiger partial charge in [0.1, 0.15) is 0 Å². The van der Waals surface area contributed by atoms with Gasteiger partial charge in [-0.2, -0.15) is 0 Å². The maximum Gasteiger partial charge on any atom is 0.266 e. The number of nitrogens with one attached hydrogen (secondary N) is 1. The molecule has 0 bridgehead atoms. The van der Waals surface area contributed by atoms with E-state index < -0.39 is 0 Å². The lowest BCUT2D eigenvalue weighted by Crippen LogP contribution is -2.31. The van der Waals surface area contributed by atoms with Crippen LogP contribution in [0.2, 0.25) is 0 Å². The van der Waals surface area contributed by atoms with Crippen LogP contribution in [0, 0.1) is 13.8 Å². The van der Waals surface area contributed by atoms with Gasteiger partial charge in [-0.05, 0) is 13.8 Å². The molecule has 0 spiro atoms. The fraction of sp³-hybridized carbons (Fsp3) is 0.462. The Labute approximate surface area is 115 Å². The predicted octanol–water partition coefficient (Wildman–Crippen LogP) is -0.367. The second kappa shape index (κ2) is 5.46. The van der Waals surface area contributed by atoms with Gasteiger partial charge in [-0.25, -0.2) is 9.50 Å². The van der Waals surface area contributed by atoms with Crippen LogP contribution in [0.1, 0.15) is 17.0 Å². The van der Waals surface area contributed by atoms with E-state index in [0.717, 1.165) is 17.0 Å². The number of fused-ring (bicyclic) bond motifs is 1. The van der Waals surface area contributed by atoms with Gasteiger partial charge in [0, 0.05) is 36.6 Å². The number of amides is 1. The summed E-state index contributed by atoms with van der Waals surface area (Å²) in [5.74, 6) is -0.0964. The first kappa shape index (κ1) is 14.3. The number of aliphatic hydroxyl groups excluding tert-OH is 1. The lowest BCUT2D eigenvalue weighted by molar-refractivity contribution is -0.129. The maximum absolute atomic E-state index is 12.1. The van der Waals surface area contributed by atoms with E-state index in [-0.39, 0.29) is 24.5 Å². The number of nitrogens with zero attached hydrogens (tertiary/aromatic N) is 3. The fourth-order valence-corrected chi connectivity index (χ4v) is 2.17. The second-order valence-electron chi connectivity index (χ2n) is 4.79. The van der Waals surface area contributed by atoms with Crippen molar-refractivity contribution in [2.24, 2.45) is 0 Å². The summed E-state index contributed by atoms with van der Waals surface area (Å²) in [6, 6.07) is 1.42. The molecule has 2 aromatic rings. The van der Waals surface area contributed by atoms with Crippen LogP contribution < -0.4 is 5.56 Å². The quantitative estimate of drug-likeness (QED) is 0.798. The number of carbonyl (C=O) groups is 1. The van der Waals surface area contributed by atoms with E-state index in [1.54, 1.807) is 11.6 Å². The zero-order valence-electron chi connectivity index (χ0n) is 11.8. The molecule has 0 atom stereocenters. The Morgan fingerprint density at radius 3 is 2.85 bits per heavy atom. The van der Waals surface area contributed by atoms with Crippen molar-refractivity contribution in [3.8, 4) is 0 Å². The molecule has 2 heterocycles. The van der Waals surface area contributed by atoms with Crippen molar-refractivity contribution >= 4 is 11.6 Å². The number of aromatic nitrogens is 3. The second-order valence-corrected chi connectivity index (χ2v) is 4.79. The highest BCUT2D eigenvalue weighted by Gasteiger charge is 2.16. The molecule has 0 saturated heterocycles. The topological polar surface area (TPSA) is 90.7 Å². The number of aliphatic hydroxyl groups is 1. The highest BCUT2D eigenvalue weighted by atomic mass is 16.3. The molecule has 2 rings (SSSR count).